The Bertz CT molecular complexity index is 1000. The van der Waals surface area contributed by atoms with Gasteiger partial charge >= 0.3 is 0 Å². The van der Waals surface area contributed by atoms with E-state index in [1.807, 2.05) is 43.3 Å². The Morgan fingerprint density at radius 2 is 1.14 bits per heavy atom. The second-order valence-corrected chi connectivity index (χ2v) is 6.20. The normalized spacial score (nSPS) is 9.96. The summed E-state index contributed by atoms with van der Waals surface area (Å²) in [6, 6.07) is 17.7. The molecule has 0 saturated carbocycles. The van der Waals surface area contributed by atoms with E-state index in [4.69, 9.17) is 4.74 Å². The molecule has 0 radical (unpaired) electrons. The van der Waals surface area contributed by atoms with Gasteiger partial charge < -0.3 is 4.74 Å². The first-order chi connectivity index (χ1) is 13.7. The highest BCUT2D eigenvalue weighted by Crippen LogP contribution is 2.23. The molecule has 2 heterocycles. The van der Waals surface area contributed by atoms with Crippen LogP contribution in [0.3, 0.4) is 0 Å². The molecule has 2 aromatic carbocycles. The molecule has 0 aliphatic carbocycles. The Balaban J connectivity index is 0.000000162. The molecule has 0 saturated heterocycles. The van der Waals surface area contributed by atoms with Gasteiger partial charge in [-0.1, -0.05) is 29.8 Å². The highest BCUT2D eigenvalue weighted by Gasteiger charge is 2.03. The number of rotatable bonds is 3. The van der Waals surface area contributed by atoms with Crippen LogP contribution in [-0.2, 0) is 0 Å². The van der Waals surface area contributed by atoms with E-state index in [-0.39, 0.29) is 0 Å². The second-order valence-electron chi connectivity index (χ2n) is 6.20. The van der Waals surface area contributed by atoms with E-state index in [9.17, 15) is 0 Å². The lowest BCUT2D eigenvalue weighted by Gasteiger charge is -2.06. The van der Waals surface area contributed by atoms with E-state index in [0.29, 0.717) is 0 Å². The van der Waals surface area contributed by atoms with Gasteiger partial charge in [0.05, 0.1) is 7.11 Å². The fourth-order valence-corrected chi connectivity index (χ4v) is 2.62. The van der Waals surface area contributed by atoms with E-state index in [0.717, 1.165) is 34.1 Å². The van der Waals surface area contributed by atoms with Gasteiger partial charge in [0, 0.05) is 35.9 Å². The van der Waals surface area contributed by atoms with E-state index in [1.54, 1.807) is 38.0 Å². The Hall–Kier alpha value is -3.60. The molecule has 0 N–H and O–H groups in total. The van der Waals surface area contributed by atoms with Gasteiger partial charge in [-0.3, -0.25) is 0 Å². The Morgan fingerprint density at radius 3 is 1.64 bits per heavy atom. The van der Waals surface area contributed by atoms with Crippen molar-refractivity contribution in [1.29, 1.82) is 0 Å². The quantitative estimate of drug-likeness (QED) is 0.513. The first-order valence-electron chi connectivity index (χ1n) is 8.93. The van der Waals surface area contributed by atoms with Crippen LogP contribution in [0.15, 0.2) is 79.4 Å². The summed E-state index contributed by atoms with van der Waals surface area (Å²) in [7, 11) is 1.67. The molecular weight excluding hydrogens is 348 g/mol. The summed E-state index contributed by atoms with van der Waals surface area (Å²) in [4.78, 5) is 16.7. The monoisotopic (exact) mass is 370 g/mol. The van der Waals surface area contributed by atoms with Crippen molar-refractivity contribution in [2.75, 3.05) is 7.11 Å². The summed E-state index contributed by atoms with van der Waals surface area (Å²) in [5.41, 5.74) is 4.40. The summed E-state index contributed by atoms with van der Waals surface area (Å²) >= 11 is 0. The van der Waals surface area contributed by atoms with Gasteiger partial charge in [0.15, 0.2) is 11.6 Å². The molecule has 2 aromatic heterocycles. The zero-order valence-corrected chi connectivity index (χ0v) is 16.2. The van der Waals surface area contributed by atoms with Crippen LogP contribution in [0.5, 0.6) is 5.75 Å². The third kappa shape index (κ3) is 4.98. The van der Waals surface area contributed by atoms with Crippen molar-refractivity contribution in [1.82, 2.24) is 19.9 Å². The lowest BCUT2D eigenvalue weighted by molar-refractivity contribution is 0.412. The smallest absolute Gasteiger partial charge is 0.159 e. The van der Waals surface area contributed by atoms with E-state index < -0.39 is 0 Å². The summed E-state index contributed by atoms with van der Waals surface area (Å²) in [6.07, 6.45) is 6.98. The van der Waals surface area contributed by atoms with E-state index in [1.165, 1.54) is 5.56 Å². The van der Waals surface area contributed by atoms with Crippen LogP contribution in [0.25, 0.3) is 22.8 Å². The topological polar surface area (TPSA) is 60.8 Å². The summed E-state index contributed by atoms with van der Waals surface area (Å²) in [5, 5.41) is 0. The van der Waals surface area contributed by atoms with Gasteiger partial charge in [0.2, 0.25) is 0 Å². The Morgan fingerprint density at radius 1 is 0.643 bits per heavy atom. The van der Waals surface area contributed by atoms with Crippen molar-refractivity contribution in [3.63, 3.8) is 0 Å². The molecule has 4 rings (SSSR count). The predicted octanol–water partition coefficient (Wildman–Crippen LogP) is 4.91. The Labute approximate surface area is 165 Å². The second kappa shape index (κ2) is 9.37. The highest BCUT2D eigenvalue weighted by atomic mass is 16.5. The molecule has 0 fully saturated rings. The standard InChI is InChI=1S/C12H12N2O.C11H10N2/c1-9-8-10(4-5-11(9)15-2)12-13-6-3-7-14-12;1-9-3-5-10(6-4-9)11-12-7-2-8-13-11/h3-8H,1-2H3;2-8H,1H3. The zero-order chi connectivity index (χ0) is 19.8. The van der Waals surface area contributed by atoms with Crippen LogP contribution in [0, 0.1) is 13.8 Å². The van der Waals surface area contributed by atoms with Crippen molar-refractivity contribution < 1.29 is 4.74 Å². The molecule has 4 aromatic rings. The third-order valence-electron chi connectivity index (χ3n) is 4.09. The fraction of sp³-hybridized carbons (Fsp3) is 0.130. The minimum absolute atomic E-state index is 0.739. The Kier molecular flexibility index (Phi) is 6.41. The van der Waals surface area contributed by atoms with Crippen molar-refractivity contribution in [2.24, 2.45) is 0 Å². The molecule has 5 heteroatoms. The molecule has 0 aliphatic heterocycles. The maximum atomic E-state index is 5.20. The van der Waals surface area contributed by atoms with Crippen LogP contribution in [0.4, 0.5) is 0 Å². The number of aryl methyl sites for hydroxylation is 2. The molecule has 0 aliphatic rings. The molecule has 0 bridgehead atoms. The summed E-state index contributed by atoms with van der Waals surface area (Å²) in [5.74, 6) is 2.40. The highest BCUT2D eigenvalue weighted by molar-refractivity contribution is 5.58. The lowest BCUT2D eigenvalue weighted by Crippen LogP contribution is -1.90. The molecule has 0 spiro atoms. The molecular formula is C23H22N4O. The fourth-order valence-electron chi connectivity index (χ4n) is 2.62. The maximum Gasteiger partial charge on any atom is 0.159 e. The zero-order valence-electron chi connectivity index (χ0n) is 16.2. The average Bonchev–Trinajstić information content (AvgIpc) is 2.76. The number of aromatic nitrogens is 4. The van der Waals surface area contributed by atoms with Crippen molar-refractivity contribution in [2.45, 2.75) is 13.8 Å². The van der Waals surface area contributed by atoms with Gasteiger partial charge in [-0.2, -0.15) is 0 Å². The lowest BCUT2D eigenvalue weighted by atomic mass is 10.1. The molecule has 0 unspecified atom stereocenters. The number of ether oxygens (including phenoxy) is 1. The minimum atomic E-state index is 0.739. The predicted molar refractivity (Wildman–Crippen MR) is 111 cm³/mol. The van der Waals surface area contributed by atoms with Crippen molar-refractivity contribution in [3.05, 3.63) is 90.5 Å². The molecule has 28 heavy (non-hydrogen) atoms. The minimum Gasteiger partial charge on any atom is -0.496 e. The van der Waals surface area contributed by atoms with Crippen LogP contribution in [0.1, 0.15) is 11.1 Å². The van der Waals surface area contributed by atoms with Gasteiger partial charge in [-0.05, 0) is 49.7 Å². The largest absolute Gasteiger partial charge is 0.496 e. The summed E-state index contributed by atoms with van der Waals surface area (Å²) < 4.78 is 5.20. The van der Waals surface area contributed by atoms with Gasteiger partial charge in [-0.25, -0.2) is 19.9 Å². The number of methoxy groups -OCH3 is 1. The van der Waals surface area contributed by atoms with Crippen molar-refractivity contribution in [3.8, 4) is 28.5 Å². The van der Waals surface area contributed by atoms with Crippen LogP contribution < -0.4 is 4.74 Å². The van der Waals surface area contributed by atoms with E-state index >= 15 is 0 Å². The molecule has 140 valence electrons. The van der Waals surface area contributed by atoms with Crippen LogP contribution in [0.2, 0.25) is 0 Å². The van der Waals surface area contributed by atoms with Gasteiger partial charge in [-0.15, -0.1) is 0 Å². The average molecular weight is 370 g/mol. The molecule has 0 atom stereocenters. The van der Waals surface area contributed by atoms with Gasteiger partial charge in [0.1, 0.15) is 5.75 Å². The number of nitrogens with zero attached hydrogens (tertiary/aromatic N) is 4. The van der Waals surface area contributed by atoms with Crippen LogP contribution in [-0.4, -0.2) is 27.0 Å². The third-order valence-corrected chi connectivity index (χ3v) is 4.09. The van der Waals surface area contributed by atoms with Crippen LogP contribution >= 0.6 is 0 Å². The maximum absolute atomic E-state index is 5.20. The SMILES string of the molecule is COc1ccc(-c2ncccn2)cc1C.Cc1ccc(-c2ncccn2)cc1. The molecule has 0 amide bonds. The summed E-state index contributed by atoms with van der Waals surface area (Å²) in [6.45, 7) is 4.07. The number of hydrogen-bond acceptors (Lipinski definition) is 5. The van der Waals surface area contributed by atoms with Crippen molar-refractivity contribution >= 4 is 0 Å². The molecule has 5 nitrogen and oxygen atoms in total. The first kappa shape index (κ1) is 19.2. The van der Waals surface area contributed by atoms with E-state index in [2.05, 4.69) is 39.0 Å². The number of benzene rings is 2. The first-order valence-corrected chi connectivity index (χ1v) is 8.93. The number of hydrogen-bond donors (Lipinski definition) is 0. The van der Waals surface area contributed by atoms with Gasteiger partial charge in [0.25, 0.3) is 0 Å².